The van der Waals surface area contributed by atoms with E-state index >= 15 is 0 Å². The Balaban J connectivity index is 0.987. The summed E-state index contributed by atoms with van der Waals surface area (Å²) in [6.07, 6.45) is 11.3. The number of ketones is 1. The predicted molar refractivity (Wildman–Crippen MR) is 325 cm³/mol. The number of piperazine rings is 1. The van der Waals surface area contributed by atoms with Gasteiger partial charge in [0.05, 0.1) is 6.04 Å². The van der Waals surface area contributed by atoms with Gasteiger partial charge in [-0.15, -0.1) is 11.8 Å². The van der Waals surface area contributed by atoms with Crippen molar-refractivity contribution in [2.45, 2.75) is 132 Å². The summed E-state index contributed by atoms with van der Waals surface area (Å²) in [7, 11) is -2.38. The van der Waals surface area contributed by atoms with Gasteiger partial charge in [0.25, 0.3) is 0 Å². The maximum Gasteiger partial charge on any atom is 0.440 e. The van der Waals surface area contributed by atoms with Gasteiger partial charge in [0.1, 0.15) is 0 Å². The largest absolute Gasteiger partial charge is 0.440 e. The Labute approximate surface area is 481 Å². The molecule has 79 heavy (non-hydrogen) atoms. The first-order chi connectivity index (χ1) is 38.1. The van der Waals surface area contributed by atoms with E-state index < -0.39 is 16.0 Å². The van der Waals surface area contributed by atoms with Crippen LogP contribution in [0.2, 0.25) is 5.02 Å². The van der Waals surface area contributed by atoms with Crippen molar-refractivity contribution in [1.29, 1.82) is 0 Å². The molecule has 0 spiro atoms. The van der Waals surface area contributed by atoms with Crippen LogP contribution >= 0.6 is 33.8 Å². The fraction of sp³-hybridized carbons (Fsp3) is 0.524. The van der Waals surface area contributed by atoms with Crippen molar-refractivity contribution < 1.29 is 27.6 Å². The summed E-state index contributed by atoms with van der Waals surface area (Å²) < 4.78 is 43.9. The van der Waals surface area contributed by atoms with Gasteiger partial charge in [-0.3, -0.25) is 29.5 Å². The van der Waals surface area contributed by atoms with E-state index in [1.807, 2.05) is 42.5 Å². The molecule has 4 aromatic carbocycles. The summed E-state index contributed by atoms with van der Waals surface area (Å²) in [6.45, 7) is 19.0. The van der Waals surface area contributed by atoms with E-state index in [0.717, 1.165) is 134 Å². The Morgan fingerprint density at radius 3 is 2.27 bits per heavy atom. The van der Waals surface area contributed by atoms with Crippen LogP contribution < -0.4 is 20.9 Å². The number of nitrogens with zero attached hydrogens (tertiary/aromatic N) is 4. The fourth-order valence-corrected chi connectivity index (χ4v) is 13.4. The number of hydrogen-bond acceptors (Lipinski definition) is 10. The molecule has 0 radical (unpaired) electrons. The van der Waals surface area contributed by atoms with Crippen LogP contribution in [-0.2, 0) is 9.59 Å². The molecular weight excluding hydrogens is 1060 g/mol. The number of carbonyl (C=O) groups is 3. The molecule has 3 aliphatic rings. The van der Waals surface area contributed by atoms with E-state index in [2.05, 4.69) is 93.4 Å². The van der Waals surface area contributed by atoms with E-state index in [1.54, 1.807) is 36.0 Å². The first-order valence-corrected chi connectivity index (χ1v) is 31.6. The Kier molecular flexibility index (Phi) is 24.0. The Hall–Kier alpha value is -4.48. The van der Waals surface area contributed by atoms with Crippen LogP contribution in [-0.4, -0.2) is 140 Å². The highest BCUT2D eigenvalue weighted by atomic mass is 35.5. The maximum absolute atomic E-state index is 14.6. The third kappa shape index (κ3) is 18.5. The zero-order valence-corrected chi connectivity index (χ0v) is 49.5. The minimum absolute atomic E-state index is 0.00371. The lowest BCUT2D eigenvalue weighted by molar-refractivity contribution is -0.137. The normalized spacial score (nSPS) is 19.3. The molecule has 16 heteroatoms. The van der Waals surface area contributed by atoms with Crippen molar-refractivity contribution in [1.82, 2.24) is 25.3 Å². The van der Waals surface area contributed by atoms with E-state index in [9.17, 15) is 27.6 Å². The lowest BCUT2D eigenvalue weighted by Crippen LogP contribution is -2.54. The second-order valence-electron chi connectivity index (χ2n) is 22.1. The number of unbranched alkanes of at least 4 members (excludes halogenated alkanes) is 3. The van der Waals surface area contributed by atoms with Crippen LogP contribution in [0.25, 0.3) is 5.57 Å². The van der Waals surface area contributed by atoms with Crippen molar-refractivity contribution in [3.05, 3.63) is 124 Å². The predicted octanol–water partition coefficient (Wildman–Crippen LogP) is 13.3. The van der Waals surface area contributed by atoms with Crippen molar-refractivity contribution >= 4 is 74.3 Å². The number of halogens is 4. The van der Waals surface area contributed by atoms with Crippen molar-refractivity contribution in [2.75, 3.05) is 94.5 Å². The van der Waals surface area contributed by atoms with Crippen LogP contribution in [0.1, 0.15) is 126 Å². The van der Waals surface area contributed by atoms with Crippen LogP contribution in [0.4, 0.5) is 24.5 Å². The molecule has 2 saturated heterocycles. The SMILES string of the molecule is C=S(c1cc(C(=O)c2ccc(N3CCN(CC4=C(c5ccc(Cl)cc5)CCC(C)(CNCCN(CCC)C5CCC(=O)NC5=O)C4)CC3)cc2)ccc1NC(CCN(CCC)CCCCCC)CSc1ccccc1)C(F)(F)F. The lowest BCUT2D eigenvalue weighted by atomic mass is 9.71. The zero-order chi connectivity index (χ0) is 56.4. The summed E-state index contributed by atoms with van der Waals surface area (Å²) in [4.78, 5) is 49.4. The van der Waals surface area contributed by atoms with Gasteiger partial charge in [-0.05, 0) is 154 Å². The molecule has 3 N–H and O–H groups in total. The molecule has 2 aliphatic heterocycles. The van der Waals surface area contributed by atoms with Crippen LogP contribution in [0.5, 0.6) is 0 Å². The van der Waals surface area contributed by atoms with E-state index in [1.165, 1.54) is 42.0 Å². The van der Waals surface area contributed by atoms with Crippen LogP contribution in [0.3, 0.4) is 0 Å². The first-order valence-electron chi connectivity index (χ1n) is 28.8. The average Bonchev–Trinajstić information content (AvgIpc) is 3.45. The molecule has 4 atom stereocenters. The Bertz CT molecular complexity index is 2650. The summed E-state index contributed by atoms with van der Waals surface area (Å²) in [5.41, 5.74) is 1.50. The number of alkyl halides is 3. The number of imide groups is 1. The van der Waals surface area contributed by atoms with Crippen molar-refractivity contribution in [3.63, 3.8) is 0 Å². The number of carbonyl (C=O) groups excluding carboxylic acids is 3. The molecule has 2 amide bonds. The average molecular weight is 1140 g/mol. The second-order valence-corrected chi connectivity index (χ2v) is 25.3. The topological polar surface area (TPSA) is 100 Å². The molecule has 2 heterocycles. The Morgan fingerprint density at radius 1 is 0.861 bits per heavy atom. The third-order valence-electron chi connectivity index (χ3n) is 15.8. The molecule has 4 unspecified atom stereocenters. The summed E-state index contributed by atoms with van der Waals surface area (Å²) >= 11 is 8.04. The minimum atomic E-state index is -4.58. The smallest absolute Gasteiger partial charge is 0.381 e. The number of piperidine rings is 1. The van der Waals surface area contributed by atoms with Crippen molar-refractivity contribution in [3.8, 4) is 0 Å². The highest BCUT2D eigenvalue weighted by Crippen LogP contribution is 2.47. The fourth-order valence-electron chi connectivity index (χ4n) is 11.4. The molecule has 0 bridgehead atoms. The highest BCUT2D eigenvalue weighted by Gasteiger charge is 2.36. The second kappa shape index (κ2) is 30.5. The number of benzene rings is 4. The number of thioether (sulfide) groups is 1. The number of rotatable bonds is 30. The molecule has 10 nitrogen and oxygen atoms in total. The summed E-state index contributed by atoms with van der Waals surface area (Å²) in [5, 5.41) is 10.5. The van der Waals surface area contributed by atoms with Crippen molar-refractivity contribution in [2.24, 2.45) is 5.41 Å². The Morgan fingerprint density at radius 2 is 1.58 bits per heavy atom. The monoisotopic (exact) mass is 1140 g/mol. The standard InChI is InChI=1S/C63H85ClF3N7O3S2/c1-6-9-10-14-35-71(33-7-2)36-30-52(45-78-54-15-12-11-13-16-54)69-56-26-21-49(42-58(56)79(5)63(65,66)67)60(76)48-19-24-53(25-20-48)73-40-38-72(39-41-73)44-50-43-62(4,31-29-55(50)47-17-22-51(64)23-18-47)46-68-32-37-74(34-8-3)57-27-28-59(75)70-61(57)77/h11-13,15-26,42,52,57,68-69H,5-10,14,27-41,43-46H2,1-4H3,(H,70,75,77). The lowest BCUT2D eigenvalue weighted by Gasteiger charge is -2.41. The first kappa shape index (κ1) is 62.1. The van der Waals surface area contributed by atoms with Crippen LogP contribution in [0.15, 0.2) is 112 Å². The van der Waals surface area contributed by atoms with E-state index in [0.29, 0.717) is 34.9 Å². The van der Waals surface area contributed by atoms with Gasteiger partial charge >= 0.3 is 5.51 Å². The number of anilines is 2. The number of allylic oxidation sites excluding steroid dienone is 1. The van der Waals surface area contributed by atoms with Gasteiger partial charge in [0.2, 0.25) is 11.8 Å². The number of nitrogens with one attached hydrogen (secondary N) is 3. The molecule has 0 saturated carbocycles. The highest BCUT2D eigenvalue weighted by molar-refractivity contribution is 8.15. The van der Waals surface area contributed by atoms with Gasteiger partial charge in [0, 0.05) is 114 Å². The summed E-state index contributed by atoms with van der Waals surface area (Å²) in [6, 6.07) is 30.1. The maximum atomic E-state index is 14.6. The minimum Gasteiger partial charge on any atom is -0.381 e. The molecule has 1 aliphatic carbocycles. The van der Waals surface area contributed by atoms with Gasteiger partial charge < -0.3 is 20.4 Å². The van der Waals surface area contributed by atoms with Gasteiger partial charge in [-0.2, -0.15) is 13.2 Å². The van der Waals surface area contributed by atoms with Gasteiger partial charge in [-0.25, -0.2) is 0 Å². The molecule has 7 rings (SSSR count). The van der Waals surface area contributed by atoms with E-state index in [-0.39, 0.29) is 45.6 Å². The third-order valence-corrected chi connectivity index (χ3v) is 18.7. The quantitative estimate of drug-likeness (QED) is 0.0154. The molecule has 4 aromatic rings. The molecule has 430 valence electrons. The number of amides is 2. The molecule has 0 aromatic heterocycles. The molecular formula is C63H85ClF3N7O3S2. The molecule has 2 fully saturated rings. The number of hydrogen-bond donors (Lipinski definition) is 3. The van der Waals surface area contributed by atoms with Crippen LogP contribution in [0, 0.1) is 5.41 Å². The zero-order valence-electron chi connectivity index (χ0n) is 47.1. The van der Waals surface area contributed by atoms with Gasteiger partial charge in [0.15, 0.2) is 5.78 Å². The van der Waals surface area contributed by atoms with Gasteiger partial charge in [-0.1, -0.05) is 111 Å². The summed E-state index contributed by atoms with van der Waals surface area (Å²) in [5.74, 6) is 3.59. The van der Waals surface area contributed by atoms with E-state index in [4.69, 9.17) is 11.6 Å².